The molecule has 0 bridgehead atoms. The maximum absolute atomic E-state index is 12.3. The average Bonchev–Trinajstić information content (AvgIpc) is 2.76. The Bertz CT molecular complexity index is 632. The van der Waals surface area contributed by atoms with Gasteiger partial charge >= 0.3 is 0 Å². The molecule has 2 aromatic rings. The minimum atomic E-state index is -0.821. The lowest BCUT2D eigenvalue weighted by Crippen LogP contribution is -2.10. The molecule has 2 rings (SSSR count). The minimum Gasteiger partial charge on any atom is -0.291 e. The fourth-order valence-electron chi connectivity index (χ4n) is 1.57. The Morgan fingerprint density at radius 2 is 2.22 bits per heavy atom. The number of carbonyl (C=O) groups is 1. The molecule has 1 atom stereocenters. The van der Waals surface area contributed by atoms with Gasteiger partial charge in [0.05, 0.1) is 10.9 Å². The van der Waals surface area contributed by atoms with Crippen molar-refractivity contribution in [3.05, 3.63) is 55.6 Å². The van der Waals surface area contributed by atoms with Gasteiger partial charge in [-0.15, -0.1) is 11.3 Å². The normalized spacial score (nSPS) is 11.8. The summed E-state index contributed by atoms with van der Waals surface area (Å²) >= 11 is 10.5. The molecule has 0 spiro atoms. The number of thiophene rings is 1. The molecule has 0 radical (unpaired) electrons. The maximum Gasteiger partial charge on any atom is 0.195 e. The van der Waals surface area contributed by atoms with Gasteiger partial charge in [-0.3, -0.25) is 4.79 Å². The first kappa shape index (κ1) is 13.3. The number of halogens is 2. The smallest absolute Gasteiger partial charge is 0.195 e. The Morgan fingerprint density at radius 1 is 1.44 bits per heavy atom. The van der Waals surface area contributed by atoms with Crippen LogP contribution in [0.4, 0.5) is 0 Å². The van der Waals surface area contributed by atoms with Gasteiger partial charge in [0.2, 0.25) is 0 Å². The summed E-state index contributed by atoms with van der Waals surface area (Å²) in [5.74, 6) is -1.03. The minimum absolute atomic E-state index is 0.207. The maximum atomic E-state index is 12.3. The van der Waals surface area contributed by atoms with Gasteiger partial charge in [-0.2, -0.15) is 5.26 Å². The largest absolute Gasteiger partial charge is 0.291 e. The summed E-state index contributed by atoms with van der Waals surface area (Å²) in [6.07, 6.45) is 0. The third kappa shape index (κ3) is 2.64. The van der Waals surface area contributed by atoms with Crippen molar-refractivity contribution in [2.75, 3.05) is 0 Å². The Balaban J connectivity index is 2.39. The summed E-state index contributed by atoms with van der Waals surface area (Å²) in [5, 5.41) is 11.5. The second kappa shape index (κ2) is 5.66. The predicted molar refractivity (Wildman–Crippen MR) is 76.2 cm³/mol. The van der Waals surface area contributed by atoms with Crippen molar-refractivity contribution in [1.29, 1.82) is 5.26 Å². The number of benzene rings is 1. The van der Waals surface area contributed by atoms with Crippen LogP contribution in [0.5, 0.6) is 0 Å². The van der Waals surface area contributed by atoms with Crippen LogP contribution in [-0.2, 0) is 0 Å². The molecule has 0 N–H and O–H groups in total. The molecule has 5 heteroatoms. The summed E-state index contributed by atoms with van der Waals surface area (Å²) in [7, 11) is 0. The van der Waals surface area contributed by atoms with Crippen molar-refractivity contribution in [2.24, 2.45) is 0 Å². The number of hydrogen-bond donors (Lipinski definition) is 0. The van der Waals surface area contributed by atoms with E-state index in [0.29, 0.717) is 15.5 Å². The topological polar surface area (TPSA) is 40.9 Å². The van der Waals surface area contributed by atoms with Crippen molar-refractivity contribution in [3.63, 3.8) is 0 Å². The van der Waals surface area contributed by atoms with Crippen LogP contribution in [0.25, 0.3) is 0 Å². The summed E-state index contributed by atoms with van der Waals surface area (Å²) in [6.45, 7) is 0. The zero-order chi connectivity index (χ0) is 13.1. The van der Waals surface area contributed by atoms with E-state index >= 15 is 0 Å². The van der Waals surface area contributed by atoms with Crippen molar-refractivity contribution in [2.45, 2.75) is 5.92 Å². The number of rotatable bonds is 3. The summed E-state index contributed by atoms with van der Waals surface area (Å²) < 4.78 is 0.722. The van der Waals surface area contributed by atoms with Gasteiger partial charge in [0.15, 0.2) is 5.78 Å². The van der Waals surface area contributed by atoms with Crippen molar-refractivity contribution in [1.82, 2.24) is 0 Å². The zero-order valence-electron chi connectivity index (χ0n) is 9.06. The Hall–Kier alpha value is -1.15. The number of Topliss-reactive ketones (excluding diaryl/α,β-unsaturated/α-hetero) is 1. The van der Waals surface area contributed by atoms with E-state index in [1.807, 2.05) is 11.4 Å². The van der Waals surface area contributed by atoms with Gasteiger partial charge in [0.1, 0.15) is 5.92 Å². The Labute approximate surface area is 122 Å². The molecule has 18 heavy (non-hydrogen) atoms. The lowest BCUT2D eigenvalue weighted by atomic mass is 9.95. The zero-order valence-corrected chi connectivity index (χ0v) is 12.2. The molecule has 0 aliphatic heterocycles. The highest BCUT2D eigenvalue weighted by Crippen LogP contribution is 2.30. The van der Waals surface area contributed by atoms with Crippen LogP contribution in [0.2, 0.25) is 5.02 Å². The number of hydrogen-bond acceptors (Lipinski definition) is 3. The van der Waals surface area contributed by atoms with E-state index in [9.17, 15) is 10.1 Å². The van der Waals surface area contributed by atoms with Crippen molar-refractivity contribution < 1.29 is 4.79 Å². The van der Waals surface area contributed by atoms with E-state index in [1.54, 1.807) is 30.3 Å². The van der Waals surface area contributed by atoms with E-state index in [0.717, 1.165) is 4.47 Å². The van der Waals surface area contributed by atoms with E-state index in [2.05, 4.69) is 15.9 Å². The lowest BCUT2D eigenvalue weighted by molar-refractivity contribution is 0.0982. The third-order valence-electron chi connectivity index (χ3n) is 2.41. The molecule has 0 saturated heterocycles. The summed E-state index contributed by atoms with van der Waals surface area (Å²) in [4.78, 5) is 12.8. The highest BCUT2D eigenvalue weighted by Gasteiger charge is 2.24. The van der Waals surface area contributed by atoms with E-state index in [4.69, 9.17) is 11.6 Å². The average molecular weight is 341 g/mol. The molecule has 1 heterocycles. The molecular weight excluding hydrogens is 334 g/mol. The van der Waals surface area contributed by atoms with Gasteiger partial charge in [-0.05, 0) is 45.1 Å². The third-order valence-corrected chi connectivity index (χ3v) is 4.50. The first-order valence-corrected chi connectivity index (χ1v) is 7.11. The molecule has 0 saturated carbocycles. The lowest BCUT2D eigenvalue weighted by Gasteiger charge is -2.08. The molecule has 1 aromatic heterocycles. The van der Waals surface area contributed by atoms with Gasteiger partial charge in [-0.25, -0.2) is 0 Å². The number of nitrogens with zero attached hydrogens (tertiary/aromatic N) is 1. The standard InChI is InChI=1S/C13H7BrClNOS/c14-11-4-5-18-13(11)12(17)10(7-16)8-2-1-3-9(15)6-8/h1-6,10H. The first-order chi connectivity index (χ1) is 8.63. The highest BCUT2D eigenvalue weighted by molar-refractivity contribution is 9.10. The number of carbonyl (C=O) groups excluding carboxylic acids is 1. The molecule has 0 aliphatic carbocycles. The highest BCUT2D eigenvalue weighted by atomic mass is 79.9. The number of nitriles is 1. The second-order valence-electron chi connectivity index (χ2n) is 3.58. The predicted octanol–water partition coefficient (Wildman–Crippen LogP) is 4.65. The molecule has 2 nitrogen and oxygen atoms in total. The fourth-order valence-corrected chi connectivity index (χ4v) is 3.31. The molecule has 0 amide bonds. The molecule has 0 fully saturated rings. The van der Waals surface area contributed by atoms with E-state index in [1.165, 1.54) is 11.3 Å². The Morgan fingerprint density at radius 3 is 2.78 bits per heavy atom. The van der Waals surface area contributed by atoms with Crippen LogP contribution in [0, 0.1) is 11.3 Å². The van der Waals surface area contributed by atoms with Gasteiger partial charge in [0.25, 0.3) is 0 Å². The SMILES string of the molecule is N#CC(C(=O)c1sccc1Br)c1cccc(Cl)c1. The van der Waals surface area contributed by atoms with Crippen LogP contribution in [0.15, 0.2) is 40.2 Å². The van der Waals surface area contributed by atoms with Gasteiger partial charge in [0, 0.05) is 9.50 Å². The van der Waals surface area contributed by atoms with Gasteiger partial charge in [-0.1, -0.05) is 23.7 Å². The summed E-state index contributed by atoms with van der Waals surface area (Å²) in [6, 6.07) is 10.7. The fraction of sp³-hybridized carbons (Fsp3) is 0.0769. The molecular formula is C13H7BrClNOS. The van der Waals surface area contributed by atoms with Gasteiger partial charge < -0.3 is 0 Å². The van der Waals surface area contributed by atoms with Crippen molar-refractivity contribution in [3.8, 4) is 6.07 Å². The van der Waals surface area contributed by atoms with Crippen LogP contribution < -0.4 is 0 Å². The summed E-state index contributed by atoms with van der Waals surface area (Å²) in [5.41, 5.74) is 0.621. The van der Waals surface area contributed by atoms with Crippen LogP contribution in [0.3, 0.4) is 0 Å². The van der Waals surface area contributed by atoms with E-state index < -0.39 is 5.92 Å². The molecule has 0 aliphatic rings. The monoisotopic (exact) mass is 339 g/mol. The van der Waals surface area contributed by atoms with E-state index in [-0.39, 0.29) is 5.78 Å². The molecule has 1 unspecified atom stereocenters. The number of ketones is 1. The first-order valence-electron chi connectivity index (χ1n) is 5.05. The van der Waals surface area contributed by atoms with Crippen molar-refractivity contribution >= 4 is 44.7 Å². The molecule has 90 valence electrons. The van der Waals surface area contributed by atoms with Crippen LogP contribution >= 0.6 is 38.9 Å². The quantitative estimate of drug-likeness (QED) is 0.763. The molecule has 1 aromatic carbocycles. The second-order valence-corrected chi connectivity index (χ2v) is 5.79. The van der Waals surface area contributed by atoms with Crippen LogP contribution in [-0.4, -0.2) is 5.78 Å². The Kier molecular flexibility index (Phi) is 4.18. The van der Waals surface area contributed by atoms with Crippen LogP contribution in [0.1, 0.15) is 21.2 Å².